The highest BCUT2D eigenvalue weighted by Gasteiger charge is 2.09. The fraction of sp³-hybridized carbons (Fsp3) is 0.538. The van der Waals surface area contributed by atoms with Gasteiger partial charge in [-0.05, 0) is 13.0 Å². The summed E-state index contributed by atoms with van der Waals surface area (Å²) in [5.41, 5.74) is 0. The van der Waals surface area contributed by atoms with Crippen molar-refractivity contribution in [1.82, 2.24) is 9.97 Å². The summed E-state index contributed by atoms with van der Waals surface area (Å²) in [5.74, 6) is 1.47. The van der Waals surface area contributed by atoms with Crippen molar-refractivity contribution in [3.8, 4) is 0 Å². The minimum Gasteiger partial charge on any atom is -0.382 e. The topological polar surface area (TPSA) is 68.3 Å². The Balaban J connectivity index is 2.00. The Morgan fingerprint density at radius 3 is 2.85 bits per heavy atom. The zero-order valence-electron chi connectivity index (χ0n) is 12.0. The van der Waals surface area contributed by atoms with E-state index in [1.165, 1.54) is 4.88 Å². The van der Waals surface area contributed by atoms with E-state index < -0.39 is 0 Å². The molecule has 0 fully saturated rings. The van der Waals surface area contributed by atoms with E-state index in [9.17, 15) is 0 Å². The predicted octanol–water partition coefficient (Wildman–Crippen LogP) is 2.12. The number of rotatable bonds is 8. The van der Waals surface area contributed by atoms with E-state index in [1.807, 2.05) is 7.05 Å². The number of thiophene rings is 1. The minimum atomic E-state index is 0.608. The molecule has 2 aromatic heterocycles. The van der Waals surface area contributed by atoms with E-state index in [1.54, 1.807) is 18.4 Å². The SMILES string of the molecule is CNc1nc(NCCOCCOC)c2cc(C)sc2n1. The second-order valence-electron chi connectivity index (χ2n) is 4.25. The van der Waals surface area contributed by atoms with Crippen LogP contribution in [-0.4, -0.2) is 50.5 Å². The third kappa shape index (κ3) is 3.78. The predicted molar refractivity (Wildman–Crippen MR) is 82.9 cm³/mol. The molecule has 2 aromatic rings. The summed E-state index contributed by atoms with van der Waals surface area (Å²) in [6, 6.07) is 2.10. The van der Waals surface area contributed by atoms with Gasteiger partial charge < -0.3 is 20.1 Å². The zero-order chi connectivity index (χ0) is 14.4. The molecule has 0 saturated heterocycles. The monoisotopic (exact) mass is 296 g/mol. The molecular formula is C13H20N4O2S. The number of ether oxygens (including phenoxy) is 2. The van der Waals surface area contributed by atoms with Crippen molar-refractivity contribution < 1.29 is 9.47 Å². The Kier molecular flexibility index (Phi) is 5.51. The van der Waals surface area contributed by atoms with Crippen LogP contribution in [0.25, 0.3) is 10.2 Å². The number of hydrogen-bond donors (Lipinski definition) is 2. The van der Waals surface area contributed by atoms with Crippen LogP contribution < -0.4 is 10.6 Å². The standard InChI is InChI=1S/C13H20N4O2S/c1-9-8-10-11(15-4-5-19-7-6-18-3)16-13(14-2)17-12(10)20-9/h8H,4-7H2,1-3H3,(H2,14,15,16,17). The summed E-state index contributed by atoms with van der Waals surface area (Å²) in [4.78, 5) is 11.1. The van der Waals surface area contributed by atoms with Gasteiger partial charge in [0.2, 0.25) is 5.95 Å². The quantitative estimate of drug-likeness (QED) is 0.727. The van der Waals surface area contributed by atoms with Crippen LogP contribution in [0.4, 0.5) is 11.8 Å². The van der Waals surface area contributed by atoms with Crippen molar-refractivity contribution in [2.24, 2.45) is 0 Å². The van der Waals surface area contributed by atoms with Crippen LogP contribution in [0.5, 0.6) is 0 Å². The molecular weight excluding hydrogens is 276 g/mol. The van der Waals surface area contributed by atoms with Crippen LogP contribution >= 0.6 is 11.3 Å². The van der Waals surface area contributed by atoms with Crippen LogP contribution in [0.3, 0.4) is 0 Å². The summed E-state index contributed by atoms with van der Waals surface area (Å²) in [6.45, 7) is 4.62. The lowest BCUT2D eigenvalue weighted by Crippen LogP contribution is -2.13. The summed E-state index contributed by atoms with van der Waals surface area (Å²) >= 11 is 1.67. The van der Waals surface area contributed by atoms with E-state index in [4.69, 9.17) is 9.47 Å². The Morgan fingerprint density at radius 1 is 1.25 bits per heavy atom. The number of methoxy groups -OCH3 is 1. The Labute approximate surface area is 122 Å². The minimum absolute atomic E-state index is 0.608. The maximum absolute atomic E-state index is 5.43. The first kappa shape index (κ1) is 15.0. The van der Waals surface area contributed by atoms with Crippen molar-refractivity contribution in [3.05, 3.63) is 10.9 Å². The van der Waals surface area contributed by atoms with E-state index >= 15 is 0 Å². The molecule has 0 aliphatic rings. The molecule has 0 aliphatic heterocycles. The first-order valence-corrected chi connectivity index (χ1v) is 7.32. The normalized spacial score (nSPS) is 10.9. The Morgan fingerprint density at radius 2 is 2.10 bits per heavy atom. The molecule has 0 saturated carbocycles. The van der Waals surface area contributed by atoms with Gasteiger partial charge in [-0.15, -0.1) is 11.3 Å². The first-order chi connectivity index (χ1) is 9.74. The zero-order valence-corrected chi connectivity index (χ0v) is 12.8. The summed E-state index contributed by atoms with van der Waals surface area (Å²) < 4.78 is 10.4. The number of anilines is 2. The Hall–Kier alpha value is -1.44. The first-order valence-electron chi connectivity index (χ1n) is 6.51. The largest absolute Gasteiger partial charge is 0.382 e. The van der Waals surface area contributed by atoms with Gasteiger partial charge in [0, 0.05) is 25.6 Å². The van der Waals surface area contributed by atoms with Crippen LogP contribution in [-0.2, 0) is 9.47 Å². The molecule has 7 heteroatoms. The van der Waals surface area contributed by atoms with Crippen molar-refractivity contribution >= 4 is 33.3 Å². The number of fused-ring (bicyclic) bond motifs is 1. The highest BCUT2D eigenvalue weighted by molar-refractivity contribution is 7.18. The molecule has 0 unspecified atom stereocenters. The molecule has 0 bridgehead atoms. The van der Waals surface area contributed by atoms with Gasteiger partial charge in [-0.2, -0.15) is 4.98 Å². The number of aryl methyl sites for hydroxylation is 1. The molecule has 2 N–H and O–H groups in total. The fourth-order valence-electron chi connectivity index (χ4n) is 1.77. The van der Waals surface area contributed by atoms with Gasteiger partial charge in [-0.1, -0.05) is 0 Å². The van der Waals surface area contributed by atoms with E-state index in [-0.39, 0.29) is 0 Å². The molecule has 0 radical (unpaired) electrons. The number of nitrogens with one attached hydrogen (secondary N) is 2. The molecule has 20 heavy (non-hydrogen) atoms. The lowest BCUT2D eigenvalue weighted by molar-refractivity contribution is 0.0759. The van der Waals surface area contributed by atoms with Crippen molar-refractivity contribution in [2.75, 3.05) is 51.2 Å². The Bertz CT molecular complexity index is 559. The molecule has 2 rings (SSSR count). The molecule has 0 amide bonds. The van der Waals surface area contributed by atoms with Crippen molar-refractivity contribution in [3.63, 3.8) is 0 Å². The van der Waals surface area contributed by atoms with Gasteiger partial charge in [0.05, 0.1) is 25.2 Å². The van der Waals surface area contributed by atoms with Gasteiger partial charge in [-0.25, -0.2) is 4.98 Å². The molecule has 0 aromatic carbocycles. The third-order valence-corrected chi connectivity index (χ3v) is 3.65. The summed E-state index contributed by atoms with van der Waals surface area (Å²) in [5, 5.41) is 7.34. The van der Waals surface area contributed by atoms with Gasteiger partial charge in [-0.3, -0.25) is 0 Å². The van der Waals surface area contributed by atoms with Gasteiger partial charge in [0.1, 0.15) is 10.6 Å². The van der Waals surface area contributed by atoms with Crippen LogP contribution in [0, 0.1) is 6.92 Å². The highest BCUT2D eigenvalue weighted by atomic mass is 32.1. The second-order valence-corrected chi connectivity index (χ2v) is 5.49. The molecule has 110 valence electrons. The van der Waals surface area contributed by atoms with Crippen LogP contribution in [0.1, 0.15) is 4.88 Å². The fourth-order valence-corrected chi connectivity index (χ4v) is 2.65. The average molecular weight is 296 g/mol. The molecule has 0 aliphatic carbocycles. The third-order valence-electron chi connectivity index (χ3n) is 2.71. The van der Waals surface area contributed by atoms with Gasteiger partial charge in [0.25, 0.3) is 0 Å². The van der Waals surface area contributed by atoms with Crippen LogP contribution in [0.15, 0.2) is 6.07 Å². The summed E-state index contributed by atoms with van der Waals surface area (Å²) in [6.07, 6.45) is 0. The van der Waals surface area contributed by atoms with Crippen molar-refractivity contribution in [2.45, 2.75) is 6.92 Å². The number of hydrogen-bond acceptors (Lipinski definition) is 7. The average Bonchev–Trinajstić information content (AvgIpc) is 2.82. The maximum Gasteiger partial charge on any atom is 0.225 e. The summed E-state index contributed by atoms with van der Waals surface area (Å²) in [7, 11) is 3.48. The smallest absolute Gasteiger partial charge is 0.225 e. The van der Waals surface area contributed by atoms with E-state index in [2.05, 4.69) is 33.6 Å². The van der Waals surface area contributed by atoms with Crippen LogP contribution in [0.2, 0.25) is 0 Å². The number of aromatic nitrogens is 2. The van der Waals surface area contributed by atoms with E-state index in [0.29, 0.717) is 32.3 Å². The molecule has 0 spiro atoms. The molecule has 2 heterocycles. The van der Waals surface area contributed by atoms with Gasteiger partial charge >= 0.3 is 0 Å². The van der Waals surface area contributed by atoms with Crippen molar-refractivity contribution in [1.29, 1.82) is 0 Å². The van der Waals surface area contributed by atoms with E-state index in [0.717, 1.165) is 16.0 Å². The maximum atomic E-state index is 5.43. The molecule has 6 nitrogen and oxygen atoms in total. The lowest BCUT2D eigenvalue weighted by atomic mass is 10.3. The lowest BCUT2D eigenvalue weighted by Gasteiger charge is -2.09. The highest BCUT2D eigenvalue weighted by Crippen LogP contribution is 2.29. The second kappa shape index (κ2) is 7.37. The molecule has 0 atom stereocenters. The number of nitrogens with zero attached hydrogens (tertiary/aromatic N) is 2. The van der Waals surface area contributed by atoms with Gasteiger partial charge in [0.15, 0.2) is 0 Å².